The molecule has 2 aliphatic carbocycles. The van der Waals surface area contributed by atoms with E-state index in [0.717, 1.165) is 41.4 Å². The van der Waals surface area contributed by atoms with Crippen molar-refractivity contribution in [2.24, 2.45) is 17.8 Å². The predicted octanol–water partition coefficient (Wildman–Crippen LogP) is 9.76. The van der Waals surface area contributed by atoms with Gasteiger partial charge in [0.05, 0.1) is 0 Å². The molecule has 174 valence electrons. The van der Waals surface area contributed by atoms with E-state index in [1.54, 1.807) is 0 Å². The highest BCUT2D eigenvalue weighted by Crippen LogP contribution is 2.48. The zero-order valence-electron chi connectivity index (χ0n) is 20.3. The molecule has 2 aromatic carbocycles. The molecule has 0 aliphatic heterocycles. The van der Waals surface area contributed by atoms with Crippen LogP contribution in [0.5, 0.6) is 0 Å². The standard InChI is InChI=1S/C31H43F/c1-3-5-7-8-9-11-23-12-14-26-20-27(17-16-25(26)18-23)29-21-28-15-13-24(10-6-4-2)19-30(28)31(32)22-29/h4,13,15,19,21-23,25-27H,2-3,5-12,14,16-18,20H2,1H3/t23?,25-,26?,27-/m1/s1. The fourth-order valence-electron chi connectivity index (χ4n) is 6.63. The molecule has 0 heterocycles. The van der Waals surface area contributed by atoms with E-state index in [-0.39, 0.29) is 5.82 Å². The van der Waals surface area contributed by atoms with E-state index in [1.807, 2.05) is 18.2 Å². The van der Waals surface area contributed by atoms with E-state index >= 15 is 4.39 Å². The second-order valence-corrected chi connectivity index (χ2v) is 10.8. The first kappa shape index (κ1) is 23.5. The van der Waals surface area contributed by atoms with Crippen molar-refractivity contribution in [1.82, 2.24) is 0 Å². The van der Waals surface area contributed by atoms with Gasteiger partial charge in [0.15, 0.2) is 0 Å². The summed E-state index contributed by atoms with van der Waals surface area (Å²) < 4.78 is 15.1. The van der Waals surface area contributed by atoms with Crippen LogP contribution in [0.3, 0.4) is 0 Å². The first-order valence-electron chi connectivity index (χ1n) is 13.5. The maximum atomic E-state index is 15.1. The molecule has 1 heteroatoms. The highest BCUT2D eigenvalue weighted by Gasteiger charge is 2.36. The van der Waals surface area contributed by atoms with Gasteiger partial charge in [0.2, 0.25) is 0 Å². The number of halogens is 1. The lowest BCUT2D eigenvalue weighted by Gasteiger charge is -2.42. The van der Waals surface area contributed by atoms with E-state index in [0.29, 0.717) is 5.92 Å². The van der Waals surface area contributed by atoms with Crippen molar-refractivity contribution in [3.8, 4) is 0 Å². The third kappa shape index (κ3) is 5.83. The van der Waals surface area contributed by atoms with Gasteiger partial charge in [-0.05, 0) is 97.3 Å². The summed E-state index contributed by atoms with van der Waals surface area (Å²) in [6, 6.07) is 10.5. The fourth-order valence-corrected chi connectivity index (χ4v) is 6.63. The molecule has 0 N–H and O–H groups in total. The van der Waals surface area contributed by atoms with Gasteiger partial charge in [-0.1, -0.05) is 76.1 Å². The van der Waals surface area contributed by atoms with Crippen molar-refractivity contribution in [1.29, 1.82) is 0 Å². The lowest BCUT2D eigenvalue weighted by Crippen LogP contribution is -2.30. The first-order valence-corrected chi connectivity index (χ1v) is 13.5. The zero-order chi connectivity index (χ0) is 22.3. The highest BCUT2D eigenvalue weighted by atomic mass is 19.1. The summed E-state index contributed by atoms with van der Waals surface area (Å²) in [5, 5.41) is 1.85. The molecule has 0 bridgehead atoms. The molecule has 2 fully saturated rings. The smallest absolute Gasteiger partial charge is 0.131 e. The molecule has 0 radical (unpaired) electrons. The van der Waals surface area contributed by atoms with Crippen LogP contribution in [0.4, 0.5) is 4.39 Å². The van der Waals surface area contributed by atoms with Gasteiger partial charge < -0.3 is 0 Å². The van der Waals surface area contributed by atoms with E-state index in [4.69, 9.17) is 0 Å². The van der Waals surface area contributed by atoms with Crippen LogP contribution in [0, 0.1) is 23.6 Å². The molecule has 0 amide bonds. The van der Waals surface area contributed by atoms with Crippen molar-refractivity contribution < 1.29 is 4.39 Å². The van der Waals surface area contributed by atoms with Gasteiger partial charge in [0.1, 0.15) is 5.82 Å². The Morgan fingerprint density at radius 2 is 1.75 bits per heavy atom. The summed E-state index contributed by atoms with van der Waals surface area (Å²) in [5.41, 5.74) is 2.44. The normalized spacial score (nSPS) is 25.6. The molecule has 0 nitrogen and oxygen atoms in total. The van der Waals surface area contributed by atoms with Gasteiger partial charge in [-0.2, -0.15) is 0 Å². The molecule has 2 aromatic rings. The monoisotopic (exact) mass is 434 g/mol. The van der Waals surface area contributed by atoms with Crippen LogP contribution in [-0.4, -0.2) is 0 Å². The number of rotatable bonds is 10. The average molecular weight is 435 g/mol. The van der Waals surface area contributed by atoms with Crippen molar-refractivity contribution in [3.63, 3.8) is 0 Å². The molecule has 0 spiro atoms. The zero-order valence-corrected chi connectivity index (χ0v) is 20.3. The number of fused-ring (bicyclic) bond motifs is 2. The minimum absolute atomic E-state index is 0.0353. The summed E-state index contributed by atoms with van der Waals surface area (Å²) >= 11 is 0. The third-order valence-corrected chi connectivity index (χ3v) is 8.54. The van der Waals surface area contributed by atoms with E-state index in [9.17, 15) is 0 Å². The number of benzene rings is 2. The fraction of sp³-hybridized carbons (Fsp3) is 0.613. The number of unbranched alkanes of at least 4 members (excludes halogenated alkanes) is 4. The quantitative estimate of drug-likeness (QED) is 0.258. The second kappa shape index (κ2) is 11.5. The topological polar surface area (TPSA) is 0 Å². The molecule has 4 atom stereocenters. The Labute approximate surface area is 195 Å². The third-order valence-electron chi connectivity index (χ3n) is 8.54. The molecule has 32 heavy (non-hydrogen) atoms. The predicted molar refractivity (Wildman–Crippen MR) is 137 cm³/mol. The summed E-state index contributed by atoms with van der Waals surface area (Å²) in [6.45, 7) is 6.10. The van der Waals surface area contributed by atoms with Crippen LogP contribution < -0.4 is 0 Å². The molecule has 2 unspecified atom stereocenters. The highest BCUT2D eigenvalue weighted by molar-refractivity contribution is 5.84. The number of aryl methyl sites for hydroxylation is 1. The van der Waals surface area contributed by atoms with E-state index in [1.165, 1.54) is 88.2 Å². The van der Waals surface area contributed by atoms with Gasteiger partial charge in [0, 0.05) is 5.39 Å². The Morgan fingerprint density at radius 3 is 2.59 bits per heavy atom. The van der Waals surface area contributed by atoms with Gasteiger partial charge in [-0.15, -0.1) is 6.58 Å². The Bertz CT molecular complexity index is 881. The van der Waals surface area contributed by atoms with Crippen molar-refractivity contribution >= 4 is 10.8 Å². The molecular formula is C31H43F. The Hall–Kier alpha value is -1.63. The average Bonchev–Trinajstić information content (AvgIpc) is 2.82. The van der Waals surface area contributed by atoms with Crippen LogP contribution in [0.1, 0.15) is 107 Å². The van der Waals surface area contributed by atoms with Crippen LogP contribution in [-0.2, 0) is 6.42 Å². The van der Waals surface area contributed by atoms with Crippen molar-refractivity contribution in [3.05, 3.63) is 59.9 Å². The second-order valence-electron chi connectivity index (χ2n) is 10.8. The Kier molecular flexibility index (Phi) is 8.44. The number of hydrogen-bond donors (Lipinski definition) is 0. The lowest BCUT2D eigenvalue weighted by atomic mass is 9.63. The van der Waals surface area contributed by atoms with Crippen molar-refractivity contribution in [2.75, 3.05) is 0 Å². The minimum Gasteiger partial charge on any atom is -0.206 e. The van der Waals surface area contributed by atoms with Gasteiger partial charge in [0.25, 0.3) is 0 Å². The van der Waals surface area contributed by atoms with Crippen LogP contribution in [0.25, 0.3) is 10.8 Å². The van der Waals surface area contributed by atoms with Crippen LogP contribution >= 0.6 is 0 Å². The van der Waals surface area contributed by atoms with Gasteiger partial charge in [-0.25, -0.2) is 4.39 Å². The number of hydrogen-bond acceptors (Lipinski definition) is 0. The molecule has 0 saturated heterocycles. The van der Waals surface area contributed by atoms with Crippen molar-refractivity contribution in [2.45, 2.75) is 103 Å². The molecule has 4 rings (SSSR count). The van der Waals surface area contributed by atoms with Gasteiger partial charge >= 0.3 is 0 Å². The Morgan fingerprint density at radius 1 is 0.938 bits per heavy atom. The number of allylic oxidation sites excluding steroid dienone is 1. The van der Waals surface area contributed by atoms with Gasteiger partial charge in [-0.3, -0.25) is 0 Å². The van der Waals surface area contributed by atoms with E-state index < -0.39 is 0 Å². The maximum Gasteiger partial charge on any atom is 0.131 e. The SMILES string of the molecule is C=CCCc1ccc2cc([C@@H]3CC[C@@H]4CC(CCCCCCC)CCC4C3)cc(F)c2c1. The molecule has 0 aromatic heterocycles. The summed E-state index contributed by atoms with van der Waals surface area (Å²) in [5.74, 6) is 3.28. The maximum absolute atomic E-state index is 15.1. The van der Waals surface area contributed by atoms with E-state index in [2.05, 4.69) is 31.7 Å². The summed E-state index contributed by atoms with van der Waals surface area (Å²) in [6.07, 6.45) is 20.5. The van der Waals surface area contributed by atoms with Crippen LogP contribution in [0.2, 0.25) is 0 Å². The Balaban J connectivity index is 1.35. The lowest BCUT2D eigenvalue weighted by molar-refractivity contribution is 0.113. The first-order chi connectivity index (χ1) is 15.7. The largest absolute Gasteiger partial charge is 0.206 e. The molecular weight excluding hydrogens is 391 g/mol. The molecule has 2 aliphatic rings. The van der Waals surface area contributed by atoms with Crippen LogP contribution in [0.15, 0.2) is 43.0 Å². The minimum atomic E-state index is -0.0353. The summed E-state index contributed by atoms with van der Waals surface area (Å²) in [7, 11) is 0. The summed E-state index contributed by atoms with van der Waals surface area (Å²) in [4.78, 5) is 0. The molecule has 2 saturated carbocycles.